The van der Waals surface area contributed by atoms with Gasteiger partial charge in [-0.1, -0.05) is 12.1 Å². The summed E-state index contributed by atoms with van der Waals surface area (Å²) in [6.45, 7) is 13.8. The first-order chi connectivity index (χ1) is 13.8. The zero-order valence-electron chi connectivity index (χ0n) is 18.8. The Labute approximate surface area is 178 Å². The van der Waals surface area contributed by atoms with Crippen LogP contribution in [0.25, 0.3) is 6.08 Å². The number of alkyl carbamates (subject to hydrolysis) is 1. The molecule has 7 nitrogen and oxygen atoms in total. The molecule has 0 atom stereocenters. The lowest BCUT2D eigenvalue weighted by Gasteiger charge is -2.32. The van der Waals surface area contributed by atoms with Gasteiger partial charge in [0.25, 0.3) is 0 Å². The Bertz CT molecular complexity index is 868. The average molecular weight is 415 g/mol. The molecule has 1 fully saturated rings. The van der Waals surface area contributed by atoms with Crippen LogP contribution in [0.15, 0.2) is 23.7 Å². The number of esters is 1. The van der Waals surface area contributed by atoms with Gasteiger partial charge in [-0.2, -0.15) is 0 Å². The van der Waals surface area contributed by atoms with Gasteiger partial charge in [0.2, 0.25) is 0 Å². The summed E-state index contributed by atoms with van der Waals surface area (Å²) >= 11 is 0. The molecule has 30 heavy (non-hydrogen) atoms. The third-order valence-corrected chi connectivity index (χ3v) is 5.45. The number of fused-ring (bicyclic) bond motifs is 1. The van der Waals surface area contributed by atoms with Crippen LogP contribution in [0.1, 0.15) is 70.0 Å². The van der Waals surface area contributed by atoms with Gasteiger partial charge in [-0.15, -0.1) is 0 Å². The van der Waals surface area contributed by atoms with E-state index in [1.165, 1.54) is 0 Å². The Hall–Kier alpha value is -2.32. The molecule has 0 aromatic heterocycles. The first-order valence-electron chi connectivity index (χ1n) is 10.1. The van der Waals surface area contributed by atoms with Crippen LogP contribution in [-0.2, 0) is 25.4 Å². The van der Waals surface area contributed by atoms with Gasteiger partial charge in [0, 0.05) is 12.1 Å². The van der Waals surface area contributed by atoms with Crippen molar-refractivity contribution in [3.63, 3.8) is 0 Å². The van der Waals surface area contributed by atoms with Gasteiger partial charge in [-0.3, -0.25) is 0 Å². The van der Waals surface area contributed by atoms with Gasteiger partial charge >= 0.3 is 19.2 Å². The molecule has 1 N–H and O–H groups in total. The summed E-state index contributed by atoms with van der Waals surface area (Å²) in [7, 11) is -0.629. The van der Waals surface area contributed by atoms with E-state index < -0.39 is 30.0 Å². The fourth-order valence-electron chi connectivity index (χ4n) is 3.14. The molecule has 0 bridgehead atoms. The Morgan fingerprint density at radius 1 is 1.20 bits per heavy atom. The SMILES string of the molecule is CC(C)(C)OC(=O)NCC(=Cc1ccc2c(c1)COC2=O)B1OC(C)(C)C(C)(C)O1. The fourth-order valence-corrected chi connectivity index (χ4v) is 3.14. The fraction of sp³-hybridized carbons (Fsp3) is 0.545. The summed E-state index contributed by atoms with van der Waals surface area (Å²) < 4.78 is 22.8. The van der Waals surface area contributed by atoms with Gasteiger partial charge in [0.05, 0.1) is 16.8 Å². The predicted octanol–water partition coefficient (Wildman–Crippen LogP) is 3.90. The van der Waals surface area contributed by atoms with E-state index in [-0.39, 0.29) is 19.1 Å². The molecule has 2 heterocycles. The molecule has 1 aromatic carbocycles. The minimum Gasteiger partial charge on any atom is -0.457 e. The van der Waals surface area contributed by atoms with Gasteiger partial charge in [0.1, 0.15) is 12.2 Å². The zero-order valence-corrected chi connectivity index (χ0v) is 18.8. The zero-order chi connectivity index (χ0) is 22.3. The maximum Gasteiger partial charge on any atom is 0.492 e. The van der Waals surface area contributed by atoms with Crippen LogP contribution in [0.5, 0.6) is 0 Å². The molecule has 3 rings (SSSR count). The van der Waals surface area contributed by atoms with Crippen LogP contribution in [0.3, 0.4) is 0 Å². The number of carbonyl (C=O) groups excluding carboxylic acids is 2. The Kier molecular flexibility index (Phi) is 5.77. The summed E-state index contributed by atoms with van der Waals surface area (Å²) in [6.07, 6.45) is 1.39. The first-order valence-corrected chi connectivity index (χ1v) is 10.1. The lowest BCUT2D eigenvalue weighted by molar-refractivity contribution is 0.00578. The van der Waals surface area contributed by atoms with Crippen molar-refractivity contribution in [1.82, 2.24) is 5.32 Å². The first kappa shape index (κ1) is 22.4. The number of benzene rings is 1. The minimum atomic E-state index is -0.629. The summed E-state index contributed by atoms with van der Waals surface area (Å²) in [4.78, 5) is 23.9. The number of carbonyl (C=O) groups is 2. The van der Waals surface area contributed by atoms with Crippen LogP contribution in [-0.4, -0.2) is 42.5 Å². The smallest absolute Gasteiger partial charge is 0.457 e. The van der Waals surface area contributed by atoms with Crippen molar-refractivity contribution in [1.29, 1.82) is 0 Å². The molecule has 1 aromatic rings. The van der Waals surface area contributed by atoms with E-state index in [0.717, 1.165) is 16.6 Å². The maximum atomic E-state index is 12.2. The quantitative estimate of drug-likeness (QED) is 0.593. The van der Waals surface area contributed by atoms with E-state index in [1.54, 1.807) is 6.07 Å². The van der Waals surface area contributed by atoms with Crippen LogP contribution in [0.2, 0.25) is 0 Å². The van der Waals surface area contributed by atoms with Crippen molar-refractivity contribution in [3.8, 4) is 0 Å². The molecule has 8 heteroatoms. The average Bonchev–Trinajstić information content (AvgIpc) is 3.06. The Morgan fingerprint density at radius 3 is 2.43 bits per heavy atom. The highest BCUT2D eigenvalue weighted by Crippen LogP contribution is 2.39. The Balaban J connectivity index is 1.85. The molecular weight excluding hydrogens is 385 g/mol. The second-order valence-corrected chi connectivity index (χ2v) is 9.66. The van der Waals surface area contributed by atoms with Crippen molar-refractivity contribution in [3.05, 3.63) is 40.4 Å². The number of rotatable bonds is 4. The van der Waals surface area contributed by atoms with Crippen molar-refractivity contribution in [2.45, 2.75) is 71.9 Å². The van der Waals surface area contributed by atoms with Crippen LogP contribution in [0, 0.1) is 0 Å². The standard InChI is InChI=1S/C22H30BNO6/c1-20(2,3)28-19(26)24-12-16(23-29-21(4,5)22(6,7)30-23)11-14-8-9-17-15(10-14)13-27-18(17)25/h8-11H,12-13H2,1-7H3,(H,24,26). The number of cyclic esters (lactones) is 1. The molecule has 0 aliphatic carbocycles. The van der Waals surface area contributed by atoms with Crippen molar-refractivity contribution in [2.24, 2.45) is 0 Å². The lowest BCUT2D eigenvalue weighted by Crippen LogP contribution is -2.41. The highest BCUT2D eigenvalue weighted by atomic mass is 16.7. The van der Waals surface area contributed by atoms with Gasteiger partial charge in [-0.05, 0) is 71.6 Å². The van der Waals surface area contributed by atoms with E-state index >= 15 is 0 Å². The molecule has 1 amide bonds. The van der Waals surface area contributed by atoms with E-state index in [2.05, 4.69) is 5.32 Å². The van der Waals surface area contributed by atoms with E-state index in [9.17, 15) is 9.59 Å². The second kappa shape index (κ2) is 7.74. The van der Waals surface area contributed by atoms with E-state index in [1.807, 2.05) is 66.7 Å². The number of amides is 1. The molecule has 0 spiro atoms. The summed E-state index contributed by atoms with van der Waals surface area (Å²) in [6, 6.07) is 5.49. The lowest BCUT2D eigenvalue weighted by atomic mass is 9.77. The summed E-state index contributed by atoms with van der Waals surface area (Å²) in [5, 5.41) is 2.78. The number of hydrogen-bond acceptors (Lipinski definition) is 6. The van der Waals surface area contributed by atoms with Crippen LogP contribution < -0.4 is 5.32 Å². The van der Waals surface area contributed by atoms with Crippen LogP contribution in [0.4, 0.5) is 4.79 Å². The van der Waals surface area contributed by atoms with E-state index in [4.69, 9.17) is 18.8 Å². The topological polar surface area (TPSA) is 83.1 Å². The largest absolute Gasteiger partial charge is 0.492 e. The molecule has 1 saturated heterocycles. The summed E-state index contributed by atoms with van der Waals surface area (Å²) in [5.41, 5.74) is 1.40. The number of ether oxygens (including phenoxy) is 2. The predicted molar refractivity (Wildman–Crippen MR) is 114 cm³/mol. The highest BCUT2D eigenvalue weighted by molar-refractivity contribution is 6.56. The van der Waals surface area contributed by atoms with Crippen LogP contribution >= 0.6 is 0 Å². The summed E-state index contributed by atoms with van der Waals surface area (Å²) in [5.74, 6) is -0.307. The number of nitrogens with one attached hydrogen (secondary N) is 1. The minimum absolute atomic E-state index is 0.193. The molecular formula is C22H30BNO6. The molecule has 162 valence electrons. The normalized spacial score (nSPS) is 20.0. The monoisotopic (exact) mass is 415 g/mol. The van der Waals surface area contributed by atoms with Crippen molar-refractivity contribution in [2.75, 3.05) is 6.54 Å². The van der Waals surface area contributed by atoms with Gasteiger partial charge < -0.3 is 24.1 Å². The molecule has 0 unspecified atom stereocenters. The molecule has 0 saturated carbocycles. The van der Waals surface area contributed by atoms with Crippen molar-refractivity contribution < 1.29 is 28.4 Å². The third kappa shape index (κ3) is 4.87. The third-order valence-electron chi connectivity index (χ3n) is 5.45. The van der Waals surface area contributed by atoms with Gasteiger partial charge in [0.15, 0.2) is 0 Å². The molecule has 2 aliphatic rings. The number of hydrogen-bond donors (Lipinski definition) is 1. The van der Waals surface area contributed by atoms with Gasteiger partial charge in [-0.25, -0.2) is 9.59 Å². The Morgan fingerprint density at radius 2 is 1.83 bits per heavy atom. The second-order valence-electron chi connectivity index (χ2n) is 9.66. The van der Waals surface area contributed by atoms with Crippen molar-refractivity contribution >= 4 is 25.3 Å². The molecule has 0 radical (unpaired) electrons. The molecule has 2 aliphatic heterocycles. The van der Waals surface area contributed by atoms with E-state index in [0.29, 0.717) is 5.56 Å². The highest BCUT2D eigenvalue weighted by Gasteiger charge is 2.52. The maximum absolute atomic E-state index is 12.2.